The molecule has 0 unspecified atom stereocenters. The van der Waals surface area contributed by atoms with Crippen molar-refractivity contribution in [3.63, 3.8) is 0 Å². The fourth-order valence-corrected chi connectivity index (χ4v) is 2.89. The third-order valence-electron chi connectivity index (χ3n) is 4.49. The van der Waals surface area contributed by atoms with Gasteiger partial charge in [-0.05, 0) is 54.9 Å². The molecule has 0 amide bonds. The summed E-state index contributed by atoms with van der Waals surface area (Å²) in [7, 11) is 0. The molecule has 21 heavy (non-hydrogen) atoms. The average molecular weight is 285 g/mol. The molecule has 1 aromatic carbocycles. The predicted molar refractivity (Wildman–Crippen MR) is 85.7 cm³/mol. The molecule has 1 aromatic rings. The quantitative estimate of drug-likeness (QED) is 0.788. The highest BCUT2D eigenvalue weighted by molar-refractivity contribution is 5.28. The molecule has 0 heterocycles. The summed E-state index contributed by atoms with van der Waals surface area (Å²) >= 11 is 0. The highest BCUT2D eigenvalue weighted by Gasteiger charge is 2.26. The van der Waals surface area contributed by atoms with E-state index in [4.69, 9.17) is 0 Å². The Kier molecular flexibility index (Phi) is 4.54. The fourth-order valence-electron chi connectivity index (χ4n) is 2.89. The first-order valence-corrected chi connectivity index (χ1v) is 8.07. The van der Waals surface area contributed by atoms with E-state index in [-0.39, 0.29) is 11.9 Å². The van der Waals surface area contributed by atoms with E-state index in [2.05, 4.69) is 29.6 Å². The van der Waals surface area contributed by atoms with Crippen molar-refractivity contribution in [2.24, 2.45) is 5.92 Å². The Morgan fingerprint density at radius 2 is 2.14 bits per heavy atom. The van der Waals surface area contributed by atoms with Crippen LogP contribution < -0.4 is 5.32 Å². The van der Waals surface area contributed by atoms with Crippen LogP contribution in [-0.4, -0.2) is 6.54 Å². The largest absolute Gasteiger partial charge is 0.306 e. The molecule has 0 spiro atoms. The van der Waals surface area contributed by atoms with Crippen LogP contribution in [0.1, 0.15) is 49.3 Å². The lowest BCUT2D eigenvalue weighted by Crippen LogP contribution is -2.24. The second-order valence-corrected chi connectivity index (χ2v) is 6.38. The molecule has 0 bridgehead atoms. The minimum atomic E-state index is -0.0909. The van der Waals surface area contributed by atoms with Crippen molar-refractivity contribution in [3.05, 3.63) is 58.9 Å². The molecule has 2 aliphatic carbocycles. The lowest BCUT2D eigenvalue weighted by molar-refractivity contribution is 0.489. The molecule has 112 valence electrons. The summed E-state index contributed by atoms with van der Waals surface area (Å²) in [5, 5.41) is 3.64. The van der Waals surface area contributed by atoms with Gasteiger partial charge in [-0.1, -0.05) is 43.2 Å². The van der Waals surface area contributed by atoms with E-state index in [0.29, 0.717) is 0 Å². The Bertz CT molecular complexity index is 555. The first-order chi connectivity index (χ1) is 10.2. The average Bonchev–Trinajstić information content (AvgIpc) is 3.31. The molecule has 1 saturated carbocycles. The smallest absolute Gasteiger partial charge is 0.126 e. The van der Waals surface area contributed by atoms with Crippen LogP contribution in [-0.2, 0) is 0 Å². The molecule has 0 radical (unpaired) electrons. The molecule has 1 N–H and O–H groups in total. The van der Waals surface area contributed by atoms with E-state index in [1.54, 1.807) is 6.07 Å². The van der Waals surface area contributed by atoms with Gasteiger partial charge in [0.2, 0.25) is 0 Å². The van der Waals surface area contributed by atoms with E-state index in [9.17, 15) is 4.39 Å². The van der Waals surface area contributed by atoms with Gasteiger partial charge in [-0.15, -0.1) is 0 Å². The summed E-state index contributed by atoms with van der Waals surface area (Å²) in [6, 6.07) is 5.94. The molecule has 1 nitrogen and oxygen atoms in total. The van der Waals surface area contributed by atoms with Gasteiger partial charge in [0, 0.05) is 12.6 Å². The van der Waals surface area contributed by atoms with E-state index >= 15 is 0 Å². The number of allylic oxidation sites excluding steroid dienone is 2. The van der Waals surface area contributed by atoms with Gasteiger partial charge in [-0.2, -0.15) is 0 Å². The van der Waals surface area contributed by atoms with Gasteiger partial charge >= 0.3 is 0 Å². The summed E-state index contributed by atoms with van der Waals surface area (Å²) in [4.78, 5) is 0. The summed E-state index contributed by atoms with van der Waals surface area (Å²) in [6.07, 6.45) is 12.8. The molecule has 0 aromatic heterocycles. The van der Waals surface area contributed by atoms with E-state index in [1.165, 1.54) is 18.4 Å². The van der Waals surface area contributed by atoms with Gasteiger partial charge in [-0.3, -0.25) is 0 Å². The van der Waals surface area contributed by atoms with Crippen molar-refractivity contribution in [2.45, 2.75) is 45.1 Å². The second-order valence-electron chi connectivity index (χ2n) is 6.38. The van der Waals surface area contributed by atoms with E-state index < -0.39 is 0 Å². The molecule has 2 heteroatoms. The van der Waals surface area contributed by atoms with Gasteiger partial charge in [0.25, 0.3) is 0 Å². The molecule has 0 saturated heterocycles. The topological polar surface area (TPSA) is 12.0 Å². The fraction of sp³-hybridized carbons (Fsp3) is 0.474. The Balaban J connectivity index is 1.68. The van der Waals surface area contributed by atoms with E-state index in [1.807, 2.05) is 13.0 Å². The molecule has 1 atom stereocenters. The number of nitrogens with one attached hydrogen (secondary N) is 1. The van der Waals surface area contributed by atoms with Crippen LogP contribution in [0.5, 0.6) is 0 Å². The lowest BCUT2D eigenvalue weighted by atomic mass is 9.98. The zero-order valence-electron chi connectivity index (χ0n) is 12.7. The number of halogens is 1. The molecule has 0 aliphatic heterocycles. The lowest BCUT2D eigenvalue weighted by Gasteiger charge is -2.20. The summed E-state index contributed by atoms with van der Waals surface area (Å²) in [5.41, 5.74) is 3.17. The van der Waals surface area contributed by atoms with Crippen LogP contribution in [0.15, 0.2) is 42.0 Å². The Morgan fingerprint density at radius 3 is 2.81 bits per heavy atom. The number of hydrogen-bond acceptors (Lipinski definition) is 1. The number of rotatable bonds is 6. The highest BCUT2D eigenvalue weighted by atomic mass is 19.1. The zero-order chi connectivity index (χ0) is 14.7. The number of benzene rings is 1. The molecule has 2 aliphatic rings. The van der Waals surface area contributed by atoms with Crippen molar-refractivity contribution < 1.29 is 4.39 Å². The predicted octanol–water partition coefficient (Wildman–Crippen LogP) is 4.84. The van der Waals surface area contributed by atoms with Crippen molar-refractivity contribution in [2.75, 3.05) is 6.54 Å². The van der Waals surface area contributed by atoms with Crippen LogP contribution in [0.2, 0.25) is 0 Å². The van der Waals surface area contributed by atoms with Crippen LogP contribution in [0, 0.1) is 18.7 Å². The summed E-state index contributed by atoms with van der Waals surface area (Å²) in [5.74, 6) is 0.731. The third kappa shape index (κ3) is 4.04. The first-order valence-electron chi connectivity index (χ1n) is 8.07. The minimum Gasteiger partial charge on any atom is -0.306 e. The maximum atomic E-state index is 13.8. The molecular weight excluding hydrogens is 261 g/mol. The van der Waals surface area contributed by atoms with Gasteiger partial charge in [0.05, 0.1) is 0 Å². The summed E-state index contributed by atoms with van der Waals surface area (Å²) in [6.45, 7) is 2.70. The van der Waals surface area contributed by atoms with E-state index in [0.717, 1.165) is 42.9 Å². The second kappa shape index (κ2) is 6.57. The highest BCUT2D eigenvalue weighted by Crippen LogP contribution is 2.38. The van der Waals surface area contributed by atoms with Gasteiger partial charge in [0.15, 0.2) is 0 Å². The van der Waals surface area contributed by atoms with Gasteiger partial charge in [0.1, 0.15) is 5.82 Å². The van der Waals surface area contributed by atoms with Crippen molar-refractivity contribution in [1.82, 2.24) is 5.32 Å². The Morgan fingerprint density at radius 1 is 1.29 bits per heavy atom. The van der Waals surface area contributed by atoms with Gasteiger partial charge < -0.3 is 5.32 Å². The maximum absolute atomic E-state index is 13.8. The standard InChI is InChI=1S/C19H24FN/c1-14-7-10-17(12-18(14)20)19(11-15-8-9-15)21-13-16-5-3-2-4-6-16/h3,5-7,10,12,15,19,21H,2,4,8-9,11,13H2,1H3/t19-/m0/s1. The Labute approximate surface area is 127 Å². The molecule has 3 rings (SSSR count). The zero-order valence-corrected chi connectivity index (χ0v) is 12.7. The van der Waals surface area contributed by atoms with Crippen LogP contribution in [0.4, 0.5) is 4.39 Å². The third-order valence-corrected chi connectivity index (χ3v) is 4.49. The van der Waals surface area contributed by atoms with Crippen LogP contribution in [0.25, 0.3) is 0 Å². The first kappa shape index (κ1) is 14.5. The molecular formula is C19H24FN. The van der Waals surface area contributed by atoms with Crippen molar-refractivity contribution in [3.8, 4) is 0 Å². The van der Waals surface area contributed by atoms with Gasteiger partial charge in [-0.25, -0.2) is 4.39 Å². The minimum absolute atomic E-state index is 0.0909. The SMILES string of the molecule is Cc1ccc([C@H](CC2CC2)NCC2=CCCC=C2)cc1F. The normalized spacial score (nSPS) is 19.4. The van der Waals surface area contributed by atoms with Crippen LogP contribution in [0.3, 0.4) is 0 Å². The maximum Gasteiger partial charge on any atom is 0.126 e. The number of aryl methyl sites for hydroxylation is 1. The molecule has 1 fully saturated rings. The Hall–Kier alpha value is -1.41. The van der Waals surface area contributed by atoms with Crippen molar-refractivity contribution in [1.29, 1.82) is 0 Å². The number of hydrogen-bond donors (Lipinski definition) is 1. The monoisotopic (exact) mass is 285 g/mol. The summed E-state index contributed by atoms with van der Waals surface area (Å²) < 4.78 is 13.8. The van der Waals surface area contributed by atoms with Crippen LogP contribution >= 0.6 is 0 Å². The van der Waals surface area contributed by atoms with Crippen molar-refractivity contribution >= 4 is 0 Å².